The summed E-state index contributed by atoms with van der Waals surface area (Å²) in [4.78, 5) is 2.25. The van der Waals surface area contributed by atoms with Crippen molar-refractivity contribution in [3.05, 3.63) is 28.5 Å². The van der Waals surface area contributed by atoms with E-state index in [4.69, 9.17) is 5.73 Å². The van der Waals surface area contributed by atoms with Crippen LogP contribution in [0.15, 0.2) is 22.7 Å². The van der Waals surface area contributed by atoms with E-state index in [2.05, 4.69) is 33.2 Å². The van der Waals surface area contributed by atoms with Crippen LogP contribution in [0.5, 0.6) is 0 Å². The fraction of sp³-hybridized carbons (Fsp3) is 0.500. The molecule has 1 heterocycles. The van der Waals surface area contributed by atoms with Crippen LogP contribution in [-0.2, 0) is 0 Å². The molecule has 5 heteroatoms. The van der Waals surface area contributed by atoms with Gasteiger partial charge in [-0.3, -0.25) is 0 Å². The zero-order valence-corrected chi connectivity index (χ0v) is 11.4. The van der Waals surface area contributed by atoms with Gasteiger partial charge in [0, 0.05) is 25.3 Å². The van der Waals surface area contributed by atoms with E-state index in [1.165, 1.54) is 6.07 Å². The first-order valence-electron chi connectivity index (χ1n) is 5.66. The number of likely N-dealkylation sites (N-methyl/N-ethyl adjacent to an activating group) is 1. The molecule has 0 aliphatic carbocycles. The number of rotatable bonds is 3. The minimum absolute atomic E-state index is 0.0913. The lowest BCUT2D eigenvalue weighted by atomic mass is 9.98. The monoisotopic (exact) mass is 301 g/mol. The molecular formula is C12H17BrFN3. The van der Waals surface area contributed by atoms with E-state index >= 15 is 0 Å². The van der Waals surface area contributed by atoms with Gasteiger partial charge >= 0.3 is 0 Å². The summed E-state index contributed by atoms with van der Waals surface area (Å²) in [5.41, 5.74) is 6.68. The van der Waals surface area contributed by atoms with Gasteiger partial charge < -0.3 is 16.0 Å². The molecule has 0 amide bonds. The highest BCUT2D eigenvalue weighted by Gasteiger charge is 2.35. The molecule has 1 saturated heterocycles. The predicted octanol–water partition coefficient (Wildman–Crippen LogP) is 2.03. The topological polar surface area (TPSA) is 41.3 Å². The average Bonchev–Trinajstić information content (AvgIpc) is 2.66. The van der Waals surface area contributed by atoms with Crippen LogP contribution in [-0.4, -0.2) is 37.1 Å². The Hall–Kier alpha value is -0.650. The molecular weight excluding hydrogens is 285 g/mol. The summed E-state index contributed by atoms with van der Waals surface area (Å²) in [6.45, 7) is 2.53. The quantitative estimate of drug-likeness (QED) is 0.898. The predicted molar refractivity (Wildman–Crippen MR) is 71.6 cm³/mol. The molecule has 2 rings (SSSR count). The lowest BCUT2D eigenvalue weighted by molar-refractivity contribution is 0.385. The molecule has 1 aromatic carbocycles. The summed E-state index contributed by atoms with van der Waals surface area (Å²) in [6, 6.07) is 4.95. The van der Waals surface area contributed by atoms with Crippen LogP contribution >= 0.6 is 15.9 Å². The number of nitrogens with two attached hydrogens (primary N) is 1. The van der Waals surface area contributed by atoms with E-state index in [0.717, 1.165) is 25.2 Å². The maximum atomic E-state index is 13.1. The van der Waals surface area contributed by atoms with Gasteiger partial charge in [0.15, 0.2) is 0 Å². The highest BCUT2D eigenvalue weighted by Crippen LogP contribution is 2.27. The van der Waals surface area contributed by atoms with Gasteiger partial charge in [0.1, 0.15) is 5.82 Å². The molecule has 1 aliphatic heterocycles. The summed E-state index contributed by atoms with van der Waals surface area (Å²) in [6.07, 6.45) is 1.01. The van der Waals surface area contributed by atoms with Crippen molar-refractivity contribution in [1.29, 1.82) is 0 Å². The highest BCUT2D eigenvalue weighted by atomic mass is 79.9. The summed E-state index contributed by atoms with van der Waals surface area (Å²) in [5.74, 6) is -0.249. The molecule has 0 bridgehead atoms. The third-order valence-electron chi connectivity index (χ3n) is 3.26. The van der Waals surface area contributed by atoms with E-state index in [1.54, 1.807) is 12.1 Å². The van der Waals surface area contributed by atoms with Crippen LogP contribution in [0.1, 0.15) is 6.42 Å². The van der Waals surface area contributed by atoms with Gasteiger partial charge in [0.05, 0.1) is 10.0 Å². The van der Waals surface area contributed by atoms with E-state index in [9.17, 15) is 4.39 Å². The third-order valence-corrected chi connectivity index (χ3v) is 3.87. The third kappa shape index (κ3) is 2.78. The maximum absolute atomic E-state index is 13.1. The van der Waals surface area contributed by atoms with Crippen molar-refractivity contribution in [3.8, 4) is 0 Å². The zero-order chi connectivity index (χ0) is 12.5. The molecule has 3 N–H and O–H groups in total. The maximum Gasteiger partial charge on any atom is 0.137 e. The molecule has 0 radical (unpaired) electrons. The minimum Gasteiger partial charge on any atom is -0.377 e. The van der Waals surface area contributed by atoms with Crippen LogP contribution < -0.4 is 11.1 Å². The van der Waals surface area contributed by atoms with Crippen molar-refractivity contribution in [2.24, 2.45) is 5.73 Å². The molecule has 3 nitrogen and oxygen atoms in total. The standard InChI is InChI=1S/C12H17BrFN3/c1-17-5-4-12(7-15,8-17)16-9-2-3-11(14)10(13)6-9/h2-3,6,16H,4-5,7-8,15H2,1H3. The van der Waals surface area contributed by atoms with E-state index in [1.807, 2.05) is 0 Å². The van der Waals surface area contributed by atoms with Gasteiger partial charge in [-0.2, -0.15) is 0 Å². The number of benzene rings is 1. The van der Waals surface area contributed by atoms with E-state index in [-0.39, 0.29) is 11.4 Å². The summed E-state index contributed by atoms with van der Waals surface area (Å²) in [5, 5.41) is 3.44. The van der Waals surface area contributed by atoms with Crippen LogP contribution in [0.2, 0.25) is 0 Å². The number of halogens is 2. The summed E-state index contributed by atoms with van der Waals surface area (Å²) < 4.78 is 13.6. The second kappa shape index (κ2) is 4.92. The SMILES string of the molecule is CN1CCC(CN)(Nc2ccc(F)c(Br)c2)C1. The Morgan fingerprint density at radius 1 is 1.59 bits per heavy atom. The lowest BCUT2D eigenvalue weighted by Crippen LogP contribution is -2.47. The average molecular weight is 302 g/mol. The normalized spacial score (nSPS) is 25.2. The van der Waals surface area contributed by atoms with Crippen molar-refractivity contribution in [2.45, 2.75) is 12.0 Å². The minimum atomic E-state index is -0.249. The molecule has 1 aromatic rings. The molecule has 17 heavy (non-hydrogen) atoms. The first-order chi connectivity index (χ1) is 8.04. The van der Waals surface area contributed by atoms with Gasteiger partial charge in [-0.15, -0.1) is 0 Å². The molecule has 0 saturated carbocycles. The summed E-state index contributed by atoms with van der Waals surface area (Å²) >= 11 is 3.19. The Balaban J connectivity index is 2.16. The Morgan fingerprint density at radius 3 is 2.88 bits per heavy atom. The van der Waals surface area contributed by atoms with Gasteiger partial charge in [0.25, 0.3) is 0 Å². The van der Waals surface area contributed by atoms with Crippen molar-refractivity contribution >= 4 is 21.6 Å². The Morgan fingerprint density at radius 2 is 2.35 bits per heavy atom. The fourth-order valence-electron chi connectivity index (χ4n) is 2.28. The van der Waals surface area contributed by atoms with Crippen molar-refractivity contribution in [1.82, 2.24) is 4.90 Å². The summed E-state index contributed by atoms with van der Waals surface area (Å²) in [7, 11) is 2.08. The number of hydrogen-bond donors (Lipinski definition) is 2. The molecule has 0 spiro atoms. The largest absolute Gasteiger partial charge is 0.377 e. The van der Waals surface area contributed by atoms with E-state index < -0.39 is 0 Å². The molecule has 1 unspecified atom stereocenters. The molecule has 1 aliphatic rings. The Labute approximate surface area is 109 Å². The fourth-order valence-corrected chi connectivity index (χ4v) is 2.66. The van der Waals surface area contributed by atoms with Crippen LogP contribution in [0.25, 0.3) is 0 Å². The van der Waals surface area contributed by atoms with Gasteiger partial charge in [0.2, 0.25) is 0 Å². The smallest absolute Gasteiger partial charge is 0.137 e. The first kappa shape index (κ1) is 12.8. The van der Waals surface area contributed by atoms with Crippen LogP contribution in [0.3, 0.4) is 0 Å². The van der Waals surface area contributed by atoms with Crippen molar-refractivity contribution < 1.29 is 4.39 Å². The number of nitrogens with one attached hydrogen (secondary N) is 1. The van der Waals surface area contributed by atoms with Crippen molar-refractivity contribution in [3.63, 3.8) is 0 Å². The molecule has 1 atom stereocenters. The first-order valence-corrected chi connectivity index (χ1v) is 6.46. The molecule has 1 fully saturated rings. The van der Waals surface area contributed by atoms with Gasteiger partial charge in [-0.05, 0) is 47.6 Å². The van der Waals surface area contributed by atoms with E-state index in [0.29, 0.717) is 11.0 Å². The van der Waals surface area contributed by atoms with Crippen LogP contribution in [0, 0.1) is 5.82 Å². The van der Waals surface area contributed by atoms with Crippen LogP contribution in [0.4, 0.5) is 10.1 Å². The second-order valence-corrected chi connectivity index (χ2v) is 5.58. The molecule has 94 valence electrons. The molecule has 0 aromatic heterocycles. The Kier molecular flexibility index (Phi) is 3.70. The number of likely N-dealkylation sites (tertiary alicyclic amines) is 1. The number of nitrogens with zero attached hydrogens (tertiary/aromatic N) is 1. The number of anilines is 1. The van der Waals surface area contributed by atoms with Gasteiger partial charge in [-0.1, -0.05) is 0 Å². The Bertz CT molecular complexity index is 413. The second-order valence-electron chi connectivity index (χ2n) is 4.73. The zero-order valence-electron chi connectivity index (χ0n) is 9.84. The van der Waals surface area contributed by atoms with Gasteiger partial charge in [-0.25, -0.2) is 4.39 Å². The highest BCUT2D eigenvalue weighted by molar-refractivity contribution is 9.10. The lowest BCUT2D eigenvalue weighted by Gasteiger charge is -2.30. The van der Waals surface area contributed by atoms with Crippen molar-refractivity contribution in [2.75, 3.05) is 32.0 Å². The number of hydrogen-bond acceptors (Lipinski definition) is 3.